The van der Waals surface area contributed by atoms with E-state index < -0.39 is 0 Å². The van der Waals surface area contributed by atoms with Gasteiger partial charge in [0.25, 0.3) is 0 Å². The van der Waals surface area contributed by atoms with E-state index in [0.29, 0.717) is 19.0 Å². The molecule has 0 amide bonds. The van der Waals surface area contributed by atoms with Crippen LogP contribution in [0, 0.1) is 11.3 Å². The summed E-state index contributed by atoms with van der Waals surface area (Å²) in [6.45, 7) is 1.11. The fourth-order valence-electron chi connectivity index (χ4n) is 1.28. The van der Waals surface area contributed by atoms with E-state index in [0.717, 1.165) is 11.4 Å². The molecule has 2 rings (SSSR count). The maximum Gasteiger partial charge on any atom is 0.182 e. The Balaban J connectivity index is 2.21. The van der Waals surface area contributed by atoms with E-state index in [-0.39, 0.29) is 4.99 Å². The van der Waals surface area contributed by atoms with Gasteiger partial charge in [-0.2, -0.15) is 5.26 Å². The predicted octanol–water partition coefficient (Wildman–Crippen LogP) is 1.72. The van der Waals surface area contributed by atoms with Crippen molar-refractivity contribution in [2.24, 2.45) is 0 Å². The number of nitrogens with one attached hydrogen (secondary N) is 1. The van der Waals surface area contributed by atoms with E-state index in [2.05, 4.69) is 5.32 Å². The third kappa shape index (κ3) is 2.17. The van der Waals surface area contributed by atoms with Gasteiger partial charge < -0.3 is 14.8 Å². The lowest BCUT2D eigenvalue weighted by molar-refractivity contribution is 0.171. The fourth-order valence-corrected chi connectivity index (χ4v) is 1.40. The average molecular weight is 220 g/mol. The smallest absolute Gasteiger partial charge is 0.182 e. The number of thiocarbonyl (C=S) groups is 1. The highest BCUT2D eigenvalue weighted by molar-refractivity contribution is 7.81. The van der Waals surface area contributed by atoms with Gasteiger partial charge >= 0.3 is 0 Å². The Morgan fingerprint density at radius 1 is 1.33 bits per heavy atom. The molecule has 0 bridgehead atoms. The highest BCUT2D eigenvalue weighted by atomic mass is 32.1. The summed E-state index contributed by atoms with van der Waals surface area (Å²) in [5, 5.41) is 11.3. The van der Waals surface area contributed by atoms with Crippen molar-refractivity contribution < 1.29 is 9.47 Å². The summed E-state index contributed by atoms with van der Waals surface area (Å²) in [5.41, 5.74) is 0.728. The molecule has 0 spiro atoms. The molecule has 0 fully saturated rings. The van der Waals surface area contributed by atoms with E-state index in [1.54, 1.807) is 18.2 Å². The lowest BCUT2D eigenvalue weighted by atomic mass is 10.2. The van der Waals surface area contributed by atoms with Crippen molar-refractivity contribution >= 4 is 22.9 Å². The first kappa shape index (κ1) is 9.74. The Hall–Kier alpha value is -1.80. The van der Waals surface area contributed by atoms with Crippen molar-refractivity contribution in [2.45, 2.75) is 0 Å². The van der Waals surface area contributed by atoms with Gasteiger partial charge in [0, 0.05) is 11.8 Å². The van der Waals surface area contributed by atoms with Crippen LogP contribution in [0.15, 0.2) is 18.2 Å². The third-order valence-electron chi connectivity index (χ3n) is 1.90. The lowest BCUT2D eigenvalue weighted by Crippen LogP contribution is -2.15. The molecule has 15 heavy (non-hydrogen) atoms. The first-order valence-electron chi connectivity index (χ1n) is 4.40. The Morgan fingerprint density at radius 2 is 2.07 bits per heavy atom. The van der Waals surface area contributed by atoms with Gasteiger partial charge in [-0.15, -0.1) is 0 Å². The molecule has 0 atom stereocenters. The SMILES string of the molecule is N#CC(=S)Nc1ccc2c(c1)OCCO2. The number of rotatable bonds is 1. The molecule has 1 aliphatic heterocycles. The van der Waals surface area contributed by atoms with Gasteiger partial charge in [-0.1, -0.05) is 0 Å². The summed E-state index contributed by atoms with van der Waals surface area (Å²) in [6, 6.07) is 7.18. The minimum atomic E-state index is 0.131. The normalized spacial score (nSPS) is 12.7. The van der Waals surface area contributed by atoms with Gasteiger partial charge in [0.2, 0.25) is 0 Å². The molecule has 76 valence electrons. The maximum atomic E-state index is 8.52. The molecular formula is C10H8N2O2S. The molecule has 0 saturated heterocycles. The number of nitrogens with zero attached hydrogens (tertiary/aromatic N) is 1. The van der Waals surface area contributed by atoms with Gasteiger partial charge in [-0.25, -0.2) is 0 Å². The van der Waals surface area contributed by atoms with Gasteiger partial charge in [-0.05, 0) is 24.4 Å². The van der Waals surface area contributed by atoms with Crippen molar-refractivity contribution in [3.8, 4) is 17.6 Å². The Bertz CT molecular complexity index is 440. The maximum absolute atomic E-state index is 8.52. The van der Waals surface area contributed by atoms with Gasteiger partial charge in [0.1, 0.15) is 19.3 Å². The molecule has 0 aliphatic carbocycles. The summed E-state index contributed by atoms with van der Waals surface area (Å²) in [4.78, 5) is 0.131. The molecule has 1 heterocycles. The Morgan fingerprint density at radius 3 is 2.80 bits per heavy atom. The number of nitriles is 1. The molecule has 0 radical (unpaired) electrons. The molecule has 5 heteroatoms. The summed E-state index contributed by atoms with van der Waals surface area (Å²) in [6.07, 6.45) is 0. The van der Waals surface area contributed by atoms with Crippen molar-refractivity contribution in [1.29, 1.82) is 5.26 Å². The molecule has 0 unspecified atom stereocenters. The van der Waals surface area contributed by atoms with E-state index in [1.807, 2.05) is 6.07 Å². The highest BCUT2D eigenvalue weighted by Gasteiger charge is 2.11. The first-order chi connectivity index (χ1) is 7.29. The second-order valence-corrected chi connectivity index (χ2v) is 3.33. The molecule has 1 aromatic rings. The minimum absolute atomic E-state index is 0.131. The van der Waals surface area contributed by atoms with Crippen LogP contribution in [-0.4, -0.2) is 18.2 Å². The average Bonchev–Trinajstić information content (AvgIpc) is 2.29. The van der Waals surface area contributed by atoms with Crippen LogP contribution in [0.5, 0.6) is 11.5 Å². The van der Waals surface area contributed by atoms with Gasteiger partial charge in [-0.3, -0.25) is 0 Å². The largest absolute Gasteiger partial charge is 0.486 e. The lowest BCUT2D eigenvalue weighted by Gasteiger charge is -2.18. The molecule has 0 aromatic heterocycles. The molecule has 0 saturated carbocycles. The van der Waals surface area contributed by atoms with Crippen molar-refractivity contribution in [1.82, 2.24) is 0 Å². The second-order valence-electron chi connectivity index (χ2n) is 2.92. The van der Waals surface area contributed by atoms with E-state index in [4.69, 9.17) is 27.0 Å². The zero-order chi connectivity index (χ0) is 10.7. The third-order valence-corrected chi connectivity index (χ3v) is 2.09. The molecule has 1 N–H and O–H groups in total. The number of fused-ring (bicyclic) bond motifs is 1. The quantitative estimate of drug-likeness (QED) is 0.730. The molecular weight excluding hydrogens is 212 g/mol. The summed E-state index contributed by atoms with van der Waals surface area (Å²) < 4.78 is 10.7. The standard InChI is InChI=1S/C10H8N2O2S/c11-6-10(15)12-7-1-2-8-9(5-7)14-4-3-13-8/h1-2,5H,3-4H2,(H,12,15). The van der Waals surface area contributed by atoms with Crippen molar-refractivity contribution in [3.63, 3.8) is 0 Å². The topological polar surface area (TPSA) is 54.3 Å². The van der Waals surface area contributed by atoms with E-state index in [9.17, 15) is 0 Å². The fraction of sp³-hybridized carbons (Fsp3) is 0.200. The van der Waals surface area contributed by atoms with Crippen molar-refractivity contribution in [3.05, 3.63) is 18.2 Å². The Labute approximate surface area is 92.4 Å². The van der Waals surface area contributed by atoms with Gasteiger partial charge in [0.15, 0.2) is 16.5 Å². The van der Waals surface area contributed by atoms with Crippen LogP contribution in [0.4, 0.5) is 5.69 Å². The molecule has 4 nitrogen and oxygen atoms in total. The van der Waals surface area contributed by atoms with E-state index >= 15 is 0 Å². The van der Waals surface area contributed by atoms with E-state index in [1.165, 1.54) is 0 Å². The number of hydrogen-bond acceptors (Lipinski definition) is 4. The number of anilines is 1. The summed E-state index contributed by atoms with van der Waals surface area (Å²) in [7, 11) is 0. The van der Waals surface area contributed by atoms with Crippen LogP contribution in [-0.2, 0) is 0 Å². The van der Waals surface area contributed by atoms with Gasteiger partial charge in [0.05, 0.1) is 0 Å². The monoisotopic (exact) mass is 220 g/mol. The number of benzene rings is 1. The van der Waals surface area contributed by atoms with Crippen LogP contribution in [0.25, 0.3) is 0 Å². The first-order valence-corrected chi connectivity index (χ1v) is 4.81. The molecule has 1 aliphatic rings. The van der Waals surface area contributed by atoms with Crippen LogP contribution in [0.3, 0.4) is 0 Å². The summed E-state index contributed by atoms with van der Waals surface area (Å²) >= 11 is 4.75. The predicted molar refractivity (Wildman–Crippen MR) is 59.3 cm³/mol. The summed E-state index contributed by atoms with van der Waals surface area (Å²) in [5.74, 6) is 1.39. The number of ether oxygens (including phenoxy) is 2. The highest BCUT2D eigenvalue weighted by Crippen LogP contribution is 2.32. The zero-order valence-corrected chi connectivity index (χ0v) is 8.63. The van der Waals surface area contributed by atoms with Crippen LogP contribution in [0.2, 0.25) is 0 Å². The van der Waals surface area contributed by atoms with Crippen LogP contribution in [0.1, 0.15) is 0 Å². The Kier molecular flexibility index (Phi) is 2.70. The van der Waals surface area contributed by atoms with Crippen LogP contribution >= 0.6 is 12.2 Å². The van der Waals surface area contributed by atoms with Crippen LogP contribution < -0.4 is 14.8 Å². The second kappa shape index (κ2) is 4.15. The number of hydrogen-bond donors (Lipinski definition) is 1. The molecule has 1 aromatic carbocycles. The minimum Gasteiger partial charge on any atom is -0.486 e. The zero-order valence-electron chi connectivity index (χ0n) is 7.82. The van der Waals surface area contributed by atoms with Crippen molar-refractivity contribution in [2.75, 3.05) is 18.5 Å².